The third-order valence-electron chi connectivity index (χ3n) is 1.66. The van der Waals surface area contributed by atoms with Crippen molar-refractivity contribution in [2.45, 2.75) is 13.8 Å². The molecule has 70 valence electrons. The van der Waals surface area contributed by atoms with Crippen molar-refractivity contribution in [3.63, 3.8) is 0 Å². The number of hydrogen-bond acceptors (Lipinski definition) is 3. The second kappa shape index (κ2) is 4.50. The fraction of sp³-hybridized carbons (Fsp3) is 0.300. The molecule has 0 saturated carbocycles. The number of para-hydroxylation sites is 1. The Morgan fingerprint density at radius 3 is 3.00 bits per heavy atom. The van der Waals surface area contributed by atoms with Crippen LogP contribution in [-0.2, 0) is 4.84 Å². The SMILES string of the molecule is CCON=Cc1cccc(C)c1O. The van der Waals surface area contributed by atoms with Gasteiger partial charge in [-0.05, 0) is 25.5 Å². The molecule has 0 aromatic heterocycles. The minimum absolute atomic E-state index is 0.256. The molecular weight excluding hydrogens is 166 g/mol. The Bertz CT molecular complexity index is 308. The normalized spacial score (nSPS) is 10.6. The average Bonchev–Trinajstić information content (AvgIpc) is 2.13. The van der Waals surface area contributed by atoms with E-state index in [0.29, 0.717) is 12.2 Å². The van der Waals surface area contributed by atoms with Gasteiger partial charge in [-0.2, -0.15) is 0 Å². The van der Waals surface area contributed by atoms with Gasteiger partial charge < -0.3 is 9.94 Å². The van der Waals surface area contributed by atoms with E-state index in [1.807, 2.05) is 26.0 Å². The summed E-state index contributed by atoms with van der Waals surface area (Å²) in [6.07, 6.45) is 1.51. The van der Waals surface area contributed by atoms with Crippen LogP contribution in [0.25, 0.3) is 0 Å². The molecular formula is C10H13NO2. The van der Waals surface area contributed by atoms with Gasteiger partial charge in [0, 0.05) is 5.56 Å². The van der Waals surface area contributed by atoms with Crippen LogP contribution >= 0.6 is 0 Å². The molecule has 1 N–H and O–H groups in total. The van der Waals surface area contributed by atoms with Crippen LogP contribution < -0.4 is 0 Å². The predicted molar refractivity (Wildman–Crippen MR) is 52.1 cm³/mol. The highest BCUT2D eigenvalue weighted by Crippen LogP contribution is 2.19. The van der Waals surface area contributed by atoms with E-state index in [0.717, 1.165) is 5.56 Å². The molecule has 1 aromatic carbocycles. The fourth-order valence-electron chi connectivity index (χ4n) is 0.954. The average molecular weight is 179 g/mol. The van der Waals surface area contributed by atoms with E-state index < -0.39 is 0 Å². The van der Waals surface area contributed by atoms with Gasteiger partial charge in [0.2, 0.25) is 0 Å². The van der Waals surface area contributed by atoms with Gasteiger partial charge in [0.05, 0.1) is 6.21 Å². The molecule has 1 rings (SSSR count). The molecule has 0 spiro atoms. The van der Waals surface area contributed by atoms with Crippen LogP contribution in [0.3, 0.4) is 0 Å². The van der Waals surface area contributed by atoms with Crippen LogP contribution in [-0.4, -0.2) is 17.9 Å². The lowest BCUT2D eigenvalue weighted by atomic mass is 10.1. The number of hydrogen-bond donors (Lipinski definition) is 1. The third kappa shape index (κ3) is 2.47. The topological polar surface area (TPSA) is 41.8 Å². The van der Waals surface area contributed by atoms with Gasteiger partial charge in [0.15, 0.2) is 0 Å². The monoisotopic (exact) mass is 179 g/mol. The van der Waals surface area contributed by atoms with Crippen LogP contribution in [0.1, 0.15) is 18.1 Å². The molecule has 3 nitrogen and oxygen atoms in total. The van der Waals surface area contributed by atoms with Gasteiger partial charge in [0.1, 0.15) is 12.4 Å². The van der Waals surface area contributed by atoms with Gasteiger partial charge in [-0.15, -0.1) is 0 Å². The van der Waals surface area contributed by atoms with Gasteiger partial charge >= 0.3 is 0 Å². The molecule has 0 amide bonds. The summed E-state index contributed by atoms with van der Waals surface area (Å²) in [5.74, 6) is 0.256. The molecule has 0 radical (unpaired) electrons. The highest BCUT2D eigenvalue weighted by molar-refractivity contribution is 5.83. The van der Waals surface area contributed by atoms with Crippen LogP contribution in [0.5, 0.6) is 5.75 Å². The van der Waals surface area contributed by atoms with Crippen molar-refractivity contribution in [2.75, 3.05) is 6.61 Å². The standard InChI is InChI=1S/C10H13NO2/c1-3-13-11-7-9-6-4-5-8(2)10(9)12/h4-7,12H,3H2,1-2H3. The van der Waals surface area contributed by atoms with Crippen molar-refractivity contribution in [3.05, 3.63) is 29.3 Å². The zero-order valence-corrected chi connectivity index (χ0v) is 7.82. The maximum Gasteiger partial charge on any atom is 0.127 e. The minimum Gasteiger partial charge on any atom is -0.507 e. The lowest BCUT2D eigenvalue weighted by Gasteiger charge is -2.00. The highest BCUT2D eigenvalue weighted by Gasteiger charge is 1.99. The third-order valence-corrected chi connectivity index (χ3v) is 1.66. The summed E-state index contributed by atoms with van der Waals surface area (Å²) in [5.41, 5.74) is 1.51. The quantitative estimate of drug-likeness (QED) is 0.570. The summed E-state index contributed by atoms with van der Waals surface area (Å²) in [7, 11) is 0. The molecule has 0 unspecified atom stereocenters. The lowest BCUT2D eigenvalue weighted by Crippen LogP contribution is -1.87. The first-order valence-corrected chi connectivity index (χ1v) is 4.19. The number of phenolic OH excluding ortho intramolecular Hbond substituents is 1. The van der Waals surface area contributed by atoms with Crippen LogP contribution in [0.4, 0.5) is 0 Å². The number of nitrogens with zero attached hydrogens (tertiary/aromatic N) is 1. The Morgan fingerprint density at radius 2 is 2.31 bits per heavy atom. The summed E-state index contributed by atoms with van der Waals surface area (Å²) in [6, 6.07) is 5.49. The van der Waals surface area contributed by atoms with Crippen LogP contribution in [0.15, 0.2) is 23.4 Å². The van der Waals surface area contributed by atoms with Crippen molar-refractivity contribution in [3.8, 4) is 5.75 Å². The Labute approximate surface area is 77.6 Å². The number of rotatable bonds is 3. The molecule has 0 atom stereocenters. The molecule has 3 heteroatoms. The second-order valence-electron chi connectivity index (χ2n) is 2.67. The fourth-order valence-corrected chi connectivity index (χ4v) is 0.954. The Kier molecular flexibility index (Phi) is 3.31. The summed E-state index contributed by atoms with van der Waals surface area (Å²) in [4.78, 5) is 4.79. The van der Waals surface area contributed by atoms with Gasteiger partial charge in [-0.1, -0.05) is 17.3 Å². The summed E-state index contributed by atoms with van der Waals surface area (Å²) in [6.45, 7) is 4.23. The van der Waals surface area contributed by atoms with Crippen molar-refractivity contribution in [2.24, 2.45) is 5.16 Å². The van der Waals surface area contributed by atoms with E-state index >= 15 is 0 Å². The molecule has 13 heavy (non-hydrogen) atoms. The molecule has 0 aliphatic rings. The molecule has 0 fully saturated rings. The van der Waals surface area contributed by atoms with Crippen LogP contribution in [0.2, 0.25) is 0 Å². The van der Waals surface area contributed by atoms with E-state index in [2.05, 4.69) is 5.16 Å². The number of aryl methyl sites for hydroxylation is 1. The molecule has 0 aliphatic carbocycles. The Hall–Kier alpha value is -1.51. The predicted octanol–water partition coefficient (Wildman–Crippen LogP) is 2.07. The number of phenols is 1. The van der Waals surface area contributed by atoms with E-state index in [-0.39, 0.29) is 5.75 Å². The highest BCUT2D eigenvalue weighted by atomic mass is 16.6. The molecule has 0 bridgehead atoms. The molecule has 0 saturated heterocycles. The Morgan fingerprint density at radius 1 is 1.54 bits per heavy atom. The van der Waals surface area contributed by atoms with Gasteiger partial charge in [0.25, 0.3) is 0 Å². The molecule has 1 aromatic rings. The smallest absolute Gasteiger partial charge is 0.127 e. The molecule has 0 aliphatic heterocycles. The van der Waals surface area contributed by atoms with Gasteiger partial charge in [-0.25, -0.2) is 0 Å². The maximum atomic E-state index is 9.55. The van der Waals surface area contributed by atoms with E-state index in [1.54, 1.807) is 6.07 Å². The number of benzene rings is 1. The van der Waals surface area contributed by atoms with Crippen molar-refractivity contribution in [1.82, 2.24) is 0 Å². The summed E-state index contributed by atoms with van der Waals surface area (Å²) in [5, 5.41) is 13.2. The van der Waals surface area contributed by atoms with E-state index in [4.69, 9.17) is 4.84 Å². The lowest BCUT2D eigenvalue weighted by molar-refractivity contribution is 0.160. The summed E-state index contributed by atoms with van der Waals surface area (Å²) >= 11 is 0. The zero-order chi connectivity index (χ0) is 9.68. The maximum absolute atomic E-state index is 9.55. The van der Waals surface area contributed by atoms with Crippen LogP contribution in [0, 0.1) is 6.92 Å². The first-order chi connectivity index (χ1) is 6.25. The van der Waals surface area contributed by atoms with Crippen molar-refractivity contribution >= 4 is 6.21 Å². The van der Waals surface area contributed by atoms with E-state index in [1.165, 1.54) is 6.21 Å². The van der Waals surface area contributed by atoms with Gasteiger partial charge in [-0.3, -0.25) is 0 Å². The number of aromatic hydroxyl groups is 1. The Balaban J connectivity index is 2.83. The first kappa shape index (κ1) is 9.58. The zero-order valence-electron chi connectivity index (χ0n) is 7.82. The van der Waals surface area contributed by atoms with Crippen molar-refractivity contribution < 1.29 is 9.94 Å². The largest absolute Gasteiger partial charge is 0.507 e. The number of oxime groups is 1. The first-order valence-electron chi connectivity index (χ1n) is 4.19. The molecule has 0 heterocycles. The van der Waals surface area contributed by atoms with E-state index in [9.17, 15) is 5.11 Å². The van der Waals surface area contributed by atoms with Crippen molar-refractivity contribution in [1.29, 1.82) is 0 Å². The minimum atomic E-state index is 0.256. The summed E-state index contributed by atoms with van der Waals surface area (Å²) < 4.78 is 0. The second-order valence-corrected chi connectivity index (χ2v) is 2.67.